The number of carbonyl (C=O) groups excluding carboxylic acids is 3. The first kappa shape index (κ1) is 35.0. The van der Waals surface area contributed by atoms with E-state index in [4.69, 9.17) is 28.6 Å². The molecule has 3 aromatic rings. The lowest BCUT2D eigenvalue weighted by Gasteiger charge is -2.38. The quantitative estimate of drug-likeness (QED) is 0.381. The molecular formula is C34H42N4O9. The fourth-order valence-corrected chi connectivity index (χ4v) is 5.16. The van der Waals surface area contributed by atoms with E-state index in [0.717, 1.165) is 5.56 Å². The molecule has 0 aliphatic carbocycles. The molecule has 3 heterocycles. The number of likely N-dealkylation sites (N-methyl/N-ethyl adjacent to an activating group) is 1. The van der Waals surface area contributed by atoms with Crippen LogP contribution in [0.15, 0.2) is 53.1 Å². The average molecular weight is 651 g/mol. The van der Waals surface area contributed by atoms with Gasteiger partial charge in [-0.15, -0.1) is 0 Å². The maximum atomic E-state index is 13.4. The number of carbonyl (C=O) groups is 4. The fraction of sp³-hybridized carbons (Fsp3) is 0.441. The standard InChI is InChI=1S/C33H40N4O7.CH2O2/c1-20(2)18-41-25-12-23-13-26(14-25)43-24-8-6-7-22(11-24)19-42-30-16-37(33(40)28-15-29(21(3)4)44-35-28)10-9-27(30)34-31(38)17-36(5)32(23)39;2-1-3/h6-8,11-15,20-21,27,30H,9-10,16-19H2,1-5H3,(H,34,38);1H,(H,2,3)/t27-,30-;/m0./s1. The number of nitrogens with one attached hydrogen (secondary N) is 1. The van der Waals surface area contributed by atoms with E-state index in [0.29, 0.717) is 54.1 Å². The highest BCUT2D eigenvalue weighted by atomic mass is 16.5. The van der Waals surface area contributed by atoms with E-state index in [1.807, 2.05) is 52.0 Å². The Morgan fingerprint density at radius 3 is 2.60 bits per heavy atom. The number of hydrogen-bond acceptors (Lipinski definition) is 9. The van der Waals surface area contributed by atoms with Gasteiger partial charge in [-0.3, -0.25) is 19.2 Å². The van der Waals surface area contributed by atoms with Gasteiger partial charge in [-0.2, -0.15) is 0 Å². The second-order valence-corrected chi connectivity index (χ2v) is 12.2. The summed E-state index contributed by atoms with van der Waals surface area (Å²) in [5.41, 5.74) is 1.45. The van der Waals surface area contributed by atoms with Crippen LogP contribution in [0.5, 0.6) is 17.2 Å². The smallest absolute Gasteiger partial charge is 0.290 e. The topological polar surface area (TPSA) is 161 Å². The summed E-state index contributed by atoms with van der Waals surface area (Å²) in [7, 11) is 1.58. The van der Waals surface area contributed by atoms with Crippen LogP contribution >= 0.6 is 0 Å². The van der Waals surface area contributed by atoms with Crippen molar-refractivity contribution in [3.8, 4) is 17.2 Å². The van der Waals surface area contributed by atoms with Gasteiger partial charge >= 0.3 is 0 Å². The zero-order valence-corrected chi connectivity index (χ0v) is 27.3. The van der Waals surface area contributed by atoms with E-state index in [1.54, 1.807) is 36.2 Å². The van der Waals surface area contributed by atoms with Crippen molar-refractivity contribution in [2.45, 2.75) is 58.8 Å². The molecule has 2 atom stereocenters. The second-order valence-electron chi connectivity index (χ2n) is 12.2. The third kappa shape index (κ3) is 9.55. The van der Waals surface area contributed by atoms with Gasteiger partial charge in [-0.1, -0.05) is 45.0 Å². The van der Waals surface area contributed by atoms with E-state index in [2.05, 4.69) is 10.5 Å². The molecule has 5 rings (SSSR count). The molecule has 1 aromatic heterocycles. The van der Waals surface area contributed by atoms with Crippen LogP contribution in [-0.4, -0.2) is 89.7 Å². The number of aromatic nitrogens is 1. The monoisotopic (exact) mass is 650 g/mol. The van der Waals surface area contributed by atoms with Crippen LogP contribution in [-0.2, 0) is 20.9 Å². The minimum absolute atomic E-state index is 0.106. The molecule has 2 aromatic carbocycles. The number of nitrogens with zero attached hydrogens (tertiary/aromatic N) is 3. The highest BCUT2D eigenvalue weighted by molar-refractivity contribution is 5.97. The van der Waals surface area contributed by atoms with Crippen molar-refractivity contribution in [3.05, 3.63) is 71.1 Å². The molecule has 1 fully saturated rings. The Morgan fingerprint density at radius 2 is 1.89 bits per heavy atom. The van der Waals surface area contributed by atoms with Crippen molar-refractivity contribution in [2.75, 3.05) is 33.3 Å². The molecule has 252 valence electrons. The zero-order chi connectivity index (χ0) is 34.1. The number of fused-ring (bicyclic) bond motifs is 5. The maximum Gasteiger partial charge on any atom is 0.290 e. The van der Waals surface area contributed by atoms with Crippen LogP contribution in [0.3, 0.4) is 0 Å². The number of benzene rings is 2. The van der Waals surface area contributed by atoms with Crippen molar-refractivity contribution in [2.24, 2.45) is 5.92 Å². The van der Waals surface area contributed by atoms with Gasteiger partial charge in [0.05, 0.1) is 31.9 Å². The number of ether oxygens (including phenoxy) is 3. The lowest BCUT2D eigenvalue weighted by molar-refractivity contribution is -0.124. The third-order valence-corrected chi connectivity index (χ3v) is 7.55. The summed E-state index contributed by atoms with van der Waals surface area (Å²) in [5.74, 6) is 1.64. The van der Waals surface area contributed by atoms with Crippen LogP contribution in [0.2, 0.25) is 0 Å². The molecule has 0 radical (unpaired) electrons. The molecule has 13 heteroatoms. The second kappa shape index (κ2) is 16.1. The van der Waals surface area contributed by atoms with Gasteiger partial charge in [0, 0.05) is 43.8 Å². The molecule has 47 heavy (non-hydrogen) atoms. The van der Waals surface area contributed by atoms with Crippen molar-refractivity contribution in [3.63, 3.8) is 0 Å². The van der Waals surface area contributed by atoms with Gasteiger partial charge in [-0.25, -0.2) is 0 Å². The van der Waals surface area contributed by atoms with E-state index < -0.39 is 6.10 Å². The Labute approximate surface area is 273 Å². The van der Waals surface area contributed by atoms with Crippen molar-refractivity contribution < 1.29 is 43.0 Å². The first-order chi connectivity index (χ1) is 22.5. The molecule has 1 saturated heterocycles. The minimum Gasteiger partial charge on any atom is -0.493 e. The number of likely N-dealkylation sites (tertiary alicyclic amines) is 1. The molecule has 0 saturated carbocycles. The van der Waals surface area contributed by atoms with Gasteiger partial charge in [0.25, 0.3) is 18.3 Å². The van der Waals surface area contributed by atoms with E-state index in [-0.39, 0.29) is 61.5 Å². The van der Waals surface area contributed by atoms with E-state index in [1.165, 1.54) is 4.90 Å². The SMILES string of the molecule is CC(C)COc1cc2cc(c1)C(=O)N(C)CC(=O)N[C@H]1CCN(C(=O)c3cc(C(C)C)on3)C[C@@H]1OCc1cccc(c1)O2.O=CO. The normalized spacial score (nSPS) is 18.4. The van der Waals surface area contributed by atoms with Crippen LogP contribution in [0.4, 0.5) is 0 Å². The van der Waals surface area contributed by atoms with Crippen LogP contribution in [0, 0.1) is 5.92 Å². The molecule has 0 spiro atoms. The molecule has 0 unspecified atom stereocenters. The molecule has 2 aliphatic rings. The average Bonchev–Trinajstić information content (AvgIpc) is 3.54. The van der Waals surface area contributed by atoms with Gasteiger partial charge in [0.15, 0.2) is 5.69 Å². The predicted molar refractivity (Wildman–Crippen MR) is 171 cm³/mol. The number of carboxylic acid groups (broad SMARTS) is 1. The van der Waals surface area contributed by atoms with Gasteiger partial charge < -0.3 is 39.0 Å². The number of rotatable bonds is 5. The van der Waals surface area contributed by atoms with Gasteiger partial charge in [0.1, 0.15) is 23.0 Å². The van der Waals surface area contributed by atoms with E-state index >= 15 is 0 Å². The summed E-state index contributed by atoms with van der Waals surface area (Å²) in [6.07, 6.45) is -0.0313. The highest BCUT2D eigenvalue weighted by Crippen LogP contribution is 2.30. The lowest BCUT2D eigenvalue weighted by atomic mass is 10.0. The third-order valence-electron chi connectivity index (χ3n) is 7.55. The highest BCUT2D eigenvalue weighted by Gasteiger charge is 2.35. The zero-order valence-electron chi connectivity index (χ0n) is 27.3. The molecule has 13 nitrogen and oxygen atoms in total. The Kier molecular flexibility index (Phi) is 12.0. The van der Waals surface area contributed by atoms with Crippen molar-refractivity contribution >= 4 is 24.2 Å². The first-order valence-corrected chi connectivity index (χ1v) is 15.5. The molecular weight excluding hydrogens is 608 g/mol. The number of amides is 3. The fourth-order valence-electron chi connectivity index (χ4n) is 5.16. The Bertz CT molecular complexity index is 1550. The Hall–Kier alpha value is -4.91. The summed E-state index contributed by atoms with van der Waals surface area (Å²) in [6, 6.07) is 13.8. The van der Waals surface area contributed by atoms with Crippen molar-refractivity contribution in [1.29, 1.82) is 0 Å². The van der Waals surface area contributed by atoms with Gasteiger partial charge in [0.2, 0.25) is 5.91 Å². The molecule has 2 aliphatic heterocycles. The Balaban J connectivity index is 0.00000160. The molecule has 4 bridgehead atoms. The van der Waals surface area contributed by atoms with Crippen LogP contribution < -0.4 is 14.8 Å². The summed E-state index contributed by atoms with van der Waals surface area (Å²) in [5, 5.41) is 13.9. The first-order valence-electron chi connectivity index (χ1n) is 15.5. The van der Waals surface area contributed by atoms with Crippen molar-refractivity contribution in [1.82, 2.24) is 20.3 Å². The van der Waals surface area contributed by atoms with E-state index in [9.17, 15) is 14.4 Å². The lowest BCUT2D eigenvalue weighted by Crippen LogP contribution is -2.57. The minimum atomic E-state index is -0.500. The summed E-state index contributed by atoms with van der Waals surface area (Å²) < 4.78 is 23.8. The Morgan fingerprint density at radius 1 is 1.13 bits per heavy atom. The molecule has 3 amide bonds. The summed E-state index contributed by atoms with van der Waals surface area (Å²) in [4.78, 5) is 51.3. The van der Waals surface area contributed by atoms with Gasteiger partial charge in [-0.05, 0) is 42.2 Å². The summed E-state index contributed by atoms with van der Waals surface area (Å²) >= 11 is 0. The summed E-state index contributed by atoms with van der Waals surface area (Å²) in [6.45, 7) is 8.98. The molecule has 2 N–H and O–H groups in total. The number of hydrogen-bond donors (Lipinski definition) is 2. The predicted octanol–water partition coefficient (Wildman–Crippen LogP) is 4.33. The largest absolute Gasteiger partial charge is 0.493 e. The number of piperidine rings is 1. The van der Waals surface area contributed by atoms with Crippen LogP contribution in [0.25, 0.3) is 0 Å². The maximum absolute atomic E-state index is 13.4. The van der Waals surface area contributed by atoms with Crippen LogP contribution in [0.1, 0.15) is 72.2 Å².